The predicted molar refractivity (Wildman–Crippen MR) is 101 cm³/mol. The van der Waals surface area contributed by atoms with Crippen molar-refractivity contribution in [2.24, 2.45) is 0 Å². The van der Waals surface area contributed by atoms with E-state index in [9.17, 15) is 14.0 Å². The molecule has 2 aromatic carbocycles. The van der Waals surface area contributed by atoms with Crippen LogP contribution in [0.2, 0.25) is 0 Å². The van der Waals surface area contributed by atoms with Crippen molar-refractivity contribution in [3.63, 3.8) is 0 Å². The number of nitrogens with zero attached hydrogens (tertiary/aromatic N) is 2. The van der Waals surface area contributed by atoms with E-state index in [1.165, 1.54) is 12.1 Å². The number of amides is 1. The molecular formula is C22H23FN2O2. The van der Waals surface area contributed by atoms with Crippen LogP contribution < -0.4 is 0 Å². The molecular weight excluding hydrogens is 343 g/mol. The van der Waals surface area contributed by atoms with E-state index < -0.39 is 5.82 Å². The third-order valence-corrected chi connectivity index (χ3v) is 5.60. The van der Waals surface area contributed by atoms with Crippen LogP contribution in [-0.2, 0) is 4.79 Å². The summed E-state index contributed by atoms with van der Waals surface area (Å²) in [7, 11) is 0. The van der Waals surface area contributed by atoms with E-state index in [0.29, 0.717) is 12.6 Å². The number of benzene rings is 2. The average molecular weight is 366 g/mol. The summed E-state index contributed by atoms with van der Waals surface area (Å²) >= 11 is 0. The molecule has 1 amide bonds. The van der Waals surface area contributed by atoms with Gasteiger partial charge in [0, 0.05) is 32.0 Å². The predicted octanol–water partition coefficient (Wildman–Crippen LogP) is 3.79. The molecule has 27 heavy (non-hydrogen) atoms. The van der Waals surface area contributed by atoms with E-state index in [0.717, 1.165) is 24.9 Å². The maximum atomic E-state index is 13.8. The molecule has 2 aromatic rings. The quantitative estimate of drug-likeness (QED) is 0.756. The fraction of sp³-hybridized carbons (Fsp3) is 0.364. The van der Waals surface area contributed by atoms with Gasteiger partial charge in [-0.25, -0.2) is 4.39 Å². The van der Waals surface area contributed by atoms with Crippen molar-refractivity contribution in [3.05, 3.63) is 71.5 Å². The van der Waals surface area contributed by atoms with Gasteiger partial charge >= 0.3 is 0 Å². The zero-order chi connectivity index (χ0) is 18.8. The standard InChI is InChI=1S/C22H23FN2O2/c23-19-11-5-4-10-18(19)20(26)12-13-21(27)25-15-17-9-6-14-24(17)22(25)16-7-2-1-3-8-16/h1-5,7-8,10-11,17,22H,6,9,12-15H2. The fourth-order valence-corrected chi connectivity index (χ4v) is 4.30. The van der Waals surface area contributed by atoms with Crippen molar-refractivity contribution >= 4 is 11.7 Å². The second-order valence-corrected chi connectivity index (χ2v) is 7.27. The summed E-state index contributed by atoms with van der Waals surface area (Å²) in [5, 5.41) is 0. The Labute approximate surface area is 158 Å². The van der Waals surface area contributed by atoms with Crippen LogP contribution in [0.3, 0.4) is 0 Å². The molecule has 2 heterocycles. The van der Waals surface area contributed by atoms with Crippen LogP contribution in [0.5, 0.6) is 0 Å². The van der Waals surface area contributed by atoms with E-state index in [-0.39, 0.29) is 36.3 Å². The highest BCUT2D eigenvalue weighted by Gasteiger charge is 2.44. The lowest BCUT2D eigenvalue weighted by Crippen LogP contribution is -2.35. The molecule has 2 unspecified atom stereocenters. The van der Waals surface area contributed by atoms with Crippen molar-refractivity contribution in [3.8, 4) is 0 Å². The maximum absolute atomic E-state index is 13.8. The molecule has 2 aliphatic rings. The van der Waals surface area contributed by atoms with Crippen LogP contribution in [0.1, 0.15) is 47.8 Å². The molecule has 2 aliphatic heterocycles. The van der Waals surface area contributed by atoms with E-state index in [4.69, 9.17) is 0 Å². The summed E-state index contributed by atoms with van der Waals surface area (Å²) in [5.74, 6) is -0.890. The number of carbonyl (C=O) groups excluding carboxylic acids is 2. The molecule has 0 radical (unpaired) electrons. The number of Topliss-reactive ketones (excluding diaryl/α,β-unsaturated/α-hetero) is 1. The molecule has 0 N–H and O–H groups in total. The summed E-state index contributed by atoms with van der Waals surface area (Å²) in [6.07, 6.45) is 2.33. The largest absolute Gasteiger partial charge is 0.321 e. The highest BCUT2D eigenvalue weighted by molar-refractivity contribution is 5.98. The highest BCUT2D eigenvalue weighted by Crippen LogP contribution is 2.39. The maximum Gasteiger partial charge on any atom is 0.224 e. The fourth-order valence-electron chi connectivity index (χ4n) is 4.30. The first-order valence-electron chi connectivity index (χ1n) is 9.53. The zero-order valence-corrected chi connectivity index (χ0v) is 15.2. The molecule has 0 saturated carbocycles. The van der Waals surface area contributed by atoms with Gasteiger partial charge in [0.1, 0.15) is 12.0 Å². The minimum Gasteiger partial charge on any atom is -0.321 e. The molecule has 5 heteroatoms. The van der Waals surface area contributed by atoms with Crippen molar-refractivity contribution in [1.82, 2.24) is 9.80 Å². The molecule has 2 saturated heterocycles. The number of fused-ring (bicyclic) bond motifs is 1. The van der Waals surface area contributed by atoms with Crippen molar-refractivity contribution in [2.45, 2.75) is 37.9 Å². The molecule has 2 atom stereocenters. The van der Waals surface area contributed by atoms with Gasteiger partial charge in [0.15, 0.2) is 5.78 Å². The lowest BCUT2D eigenvalue weighted by molar-refractivity contribution is -0.133. The molecule has 0 spiro atoms. The summed E-state index contributed by atoms with van der Waals surface area (Å²) in [4.78, 5) is 29.5. The molecule has 0 bridgehead atoms. The van der Waals surface area contributed by atoms with Gasteiger partial charge in [-0.3, -0.25) is 14.5 Å². The number of halogens is 1. The van der Waals surface area contributed by atoms with Gasteiger partial charge in [-0.2, -0.15) is 0 Å². The third kappa shape index (κ3) is 3.52. The van der Waals surface area contributed by atoms with Gasteiger partial charge in [0.05, 0.1) is 5.56 Å². The zero-order valence-electron chi connectivity index (χ0n) is 15.2. The summed E-state index contributed by atoms with van der Waals surface area (Å²) in [5.41, 5.74) is 1.17. The van der Waals surface area contributed by atoms with E-state index >= 15 is 0 Å². The summed E-state index contributed by atoms with van der Waals surface area (Å²) in [6.45, 7) is 1.69. The van der Waals surface area contributed by atoms with E-state index in [2.05, 4.69) is 17.0 Å². The SMILES string of the molecule is O=C(CCC(=O)N1CC2CCCN2C1c1ccccc1)c1ccccc1F. The number of hydrogen-bond donors (Lipinski definition) is 0. The Morgan fingerprint density at radius 2 is 1.74 bits per heavy atom. The Balaban J connectivity index is 1.47. The number of rotatable bonds is 5. The molecule has 4 rings (SSSR count). The lowest BCUT2D eigenvalue weighted by atomic mass is 10.1. The van der Waals surface area contributed by atoms with E-state index in [1.807, 2.05) is 23.1 Å². The van der Waals surface area contributed by atoms with Gasteiger partial charge in [-0.05, 0) is 30.5 Å². The number of carbonyl (C=O) groups is 2. The van der Waals surface area contributed by atoms with Gasteiger partial charge in [-0.1, -0.05) is 42.5 Å². The van der Waals surface area contributed by atoms with Crippen LogP contribution in [0, 0.1) is 5.82 Å². The van der Waals surface area contributed by atoms with Crippen LogP contribution in [-0.4, -0.2) is 40.6 Å². The van der Waals surface area contributed by atoms with Gasteiger partial charge in [0.25, 0.3) is 0 Å². The number of hydrogen-bond acceptors (Lipinski definition) is 3. The van der Waals surface area contributed by atoms with Crippen molar-refractivity contribution < 1.29 is 14.0 Å². The van der Waals surface area contributed by atoms with Crippen LogP contribution in [0.25, 0.3) is 0 Å². The topological polar surface area (TPSA) is 40.6 Å². The first kappa shape index (κ1) is 17.9. The Morgan fingerprint density at radius 3 is 2.52 bits per heavy atom. The monoisotopic (exact) mass is 366 g/mol. The van der Waals surface area contributed by atoms with E-state index in [1.54, 1.807) is 12.1 Å². The highest BCUT2D eigenvalue weighted by atomic mass is 19.1. The molecule has 0 aliphatic carbocycles. The van der Waals surface area contributed by atoms with Gasteiger partial charge in [-0.15, -0.1) is 0 Å². The lowest BCUT2D eigenvalue weighted by Gasteiger charge is -2.30. The first-order chi connectivity index (χ1) is 13.1. The van der Waals surface area contributed by atoms with Crippen LogP contribution in [0.15, 0.2) is 54.6 Å². The second kappa shape index (κ2) is 7.61. The third-order valence-electron chi connectivity index (χ3n) is 5.60. The Morgan fingerprint density at radius 1 is 1.00 bits per heavy atom. The molecule has 140 valence electrons. The Hall–Kier alpha value is -2.53. The summed E-state index contributed by atoms with van der Waals surface area (Å²) < 4.78 is 13.8. The first-order valence-corrected chi connectivity index (χ1v) is 9.53. The minimum absolute atomic E-state index is 0.0302. The average Bonchev–Trinajstić information content (AvgIpc) is 3.28. The summed E-state index contributed by atoms with van der Waals surface area (Å²) in [6, 6.07) is 16.4. The smallest absolute Gasteiger partial charge is 0.224 e. The Kier molecular flexibility index (Phi) is 5.03. The molecule has 2 fully saturated rings. The number of ketones is 1. The Bertz CT molecular complexity index is 839. The molecule has 4 nitrogen and oxygen atoms in total. The van der Waals surface area contributed by atoms with Gasteiger partial charge in [0.2, 0.25) is 5.91 Å². The van der Waals surface area contributed by atoms with Crippen molar-refractivity contribution in [1.29, 1.82) is 0 Å². The van der Waals surface area contributed by atoms with Crippen LogP contribution in [0.4, 0.5) is 4.39 Å². The minimum atomic E-state index is -0.529. The van der Waals surface area contributed by atoms with Crippen molar-refractivity contribution in [2.75, 3.05) is 13.1 Å². The second-order valence-electron chi connectivity index (χ2n) is 7.27. The normalized spacial score (nSPS) is 22.0. The van der Waals surface area contributed by atoms with Crippen LogP contribution >= 0.6 is 0 Å². The molecule has 0 aromatic heterocycles. The van der Waals surface area contributed by atoms with Gasteiger partial charge < -0.3 is 4.90 Å².